The average Bonchev–Trinajstić information content (AvgIpc) is 2.93. The van der Waals surface area contributed by atoms with Gasteiger partial charge in [0.25, 0.3) is 11.9 Å². The maximum atomic E-state index is 12.7. The molecule has 1 aromatic carbocycles. The normalized spacial score (nSPS) is 16.5. The highest BCUT2D eigenvalue weighted by atomic mass is 32.2. The second-order valence-corrected chi connectivity index (χ2v) is 7.47. The summed E-state index contributed by atoms with van der Waals surface area (Å²) in [5.74, 6) is -0.378. The molecule has 0 saturated carbocycles. The number of hydrogen-bond donors (Lipinski definition) is 2. The Morgan fingerprint density at radius 2 is 1.75 bits per heavy atom. The van der Waals surface area contributed by atoms with Gasteiger partial charge in [-0.25, -0.2) is 8.42 Å². The van der Waals surface area contributed by atoms with Gasteiger partial charge in [0, 0.05) is 18.7 Å². The molecule has 1 aromatic heterocycles. The van der Waals surface area contributed by atoms with Crippen LogP contribution in [0.4, 0.5) is 5.95 Å². The number of carbonyl (C=O) groups excluding carboxylic acids is 1. The molecule has 128 valence electrons. The smallest absolute Gasteiger partial charge is 0.270 e. The summed E-state index contributed by atoms with van der Waals surface area (Å²) in [6.07, 6.45) is 3.87. The van der Waals surface area contributed by atoms with Crippen molar-refractivity contribution < 1.29 is 13.2 Å². The van der Waals surface area contributed by atoms with Crippen molar-refractivity contribution in [2.75, 3.05) is 18.4 Å². The number of amides is 1. The minimum atomic E-state index is -3.52. The van der Waals surface area contributed by atoms with Gasteiger partial charge in [-0.15, -0.1) is 5.10 Å². The second kappa shape index (κ2) is 7.05. The van der Waals surface area contributed by atoms with Crippen molar-refractivity contribution in [3.05, 3.63) is 29.8 Å². The Hall–Kier alpha value is -2.33. The molecule has 2 N–H and O–H groups in total. The fourth-order valence-corrected chi connectivity index (χ4v) is 4.11. The van der Waals surface area contributed by atoms with E-state index in [2.05, 4.69) is 25.9 Å². The highest BCUT2D eigenvalue weighted by Crippen LogP contribution is 2.20. The first kappa shape index (κ1) is 16.5. The lowest BCUT2D eigenvalue weighted by Gasteiger charge is -2.19. The van der Waals surface area contributed by atoms with Crippen molar-refractivity contribution in [3.8, 4) is 0 Å². The van der Waals surface area contributed by atoms with Crippen LogP contribution in [0.1, 0.15) is 36.0 Å². The zero-order valence-electron chi connectivity index (χ0n) is 13.0. The fourth-order valence-electron chi connectivity index (χ4n) is 2.60. The highest BCUT2D eigenvalue weighted by molar-refractivity contribution is 7.89. The number of nitrogens with one attached hydrogen (secondary N) is 2. The minimum absolute atomic E-state index is 0.0567. The first-order valence-electron chi connectivity index (χ1n) is 7.72. The number of hydrogen-bond acceptors (Lipinski definition) is 6. The molecule has 0 radical (unpaired) electrons. The number of carbonyl (C=O) groups is 1. The average molecular weight is 350 g/mol. The lowest BCUT2D eigenvalue weighted by Crippen LogP contribution is -2.31. The van der Waals surface area contributed by atoms with Crippen molar-refractivity contribution >= 4 is 21.9 Å². The van der Waals surface area contributed by atoms with Gasteiger partial charge in [0.2, 0.25) is 10.0 Å². The monoisotopic (exact) mass is 350 g/mol. The van der Waals surface area contributed by atoms with Gasteiger partial charge in [-0.3, -0.25) is 10.1 Å². The summed E-state index contributed by atoms with van der Waals surface area (Å²) in [4.78, 5) is 12.2. The molecule has 0 atom stereocenters. The van der Waals surface area contributed by atoms with E-state index in [-0.39, 0.29) is 10.8 Å². The molecule has 1 amide bonds. The lowest BCUT2D eigenvalue weighted by molar-refractivity contribution is 0.102. The van der Waals surface area contributed by atoms with Crippen molar-refractivity contribution in [2.24, 2.45) is 0 Å². The third-order valence-electron chi connectivity index (χ3n) is 3.89. The lowest BCUT2D eigenvalue weighted by atomic mass is 10.2. The summed E-state index contributed by atoms with van der Waals surface area (Å²) in [5, 5.41) is 15.3. The zero-order chi connectivity index (χ0) is 17.0. The van der Waals surface area contributed by atoms with Crippen LogP contribution in [0.5, 0.6) is 0 Å². The molecule has 2 heterocycles. The van der Waals surface area contributed by atoms with Crippen molar-refractivity contribution in [1.82, 2.24) is 24.9 Å². The van der Waals surface area contributed by atoms with Crippen LogP contribution in [-0.4, -0.2) is 52.3 Å². The minimum Gasteiger partial charge on any atom is -0.288 e. The van der Waals surface area contributed by atoms with Crippen LogP contribution in [0.25, 0.3) is 0 Å². The standard InChI is InChI=1S/C14H18N6O3S/c21-13(15-14-16-18-19-17-14)11-5-7-12(8-6-11)24(22,23)20-9-3-1-2-4-10-20/h5-8H,1-4,9-10H2,(H2,15,16,17,18,19,21). The first-order valence-corrected chi connectivity index (χ1v) is 9.16. The molecule has 10 heteroatoms. The summed E-state index contributed by atoms with van der Waals surface area (Å²) in [6, 6.07) is 5.84. The van der Waals surface area contributed by atoms with Gasteiger partial charge in [0.15, 0.2) is 0 Å². The Morgan fingerprint density at radius 3 is 2.33 bits per heavy atom. The Kier molecular flexibility index (Phi) is 4.86. The molecule has 3 rings (SSSR count). The van der Waals surface area contributed by atoms with E-state index in [1.54, 1.807) is 0 Å². The number of aromatic nitrogens is 4. The van der Waals surface area contributed by atoms with Crippen LogP contribution < -0.4 is 5.32 Å². The molecule has 24 heavy (non-hydrogen) atoms. The molecular formula is C14H18N6O3S. The van der Waals surface area contributed by atoms with Gasteiger partial charge >= 0.3 is 0 Å². The Balaban J connectivity index is 1.74. The molecule has 1 saturated heterocycles. The van der Waals surface area contributed by atoms with E-state index in [1.807, 2.05) is 0 Å². The van der Waals surface area contributed by atoms with Gasteiger partial charge < -0.3 is 0 Å². The van der Waals surface area contributed by atoms with Gasteiger partial charge in [0.05, 0.1) is 4.90 Å². The quantitative estimate of drug-likeness (QED) is 0.849. The van der Waals surface area contributed by atoms with Crippen molar-refractivity contribution in [3.63, 3.8) is 0 Å². The molecule has 2 aromatic rings. The van der Waals surface area contributed by atoms with E-state index < -0.39 is 15.9 Å². The van der Waals surface area contributed by atoms with E-state index >= 15 is 0 Å². The summed E-state index contributed by atoms with van der Waals surface area (Å²) in [7, 11) is -3.52. The largest absolute Gasteiger partial charge is 0.288 e. The number of tetrazole rings is 1. The number of aromatic amines is 1. The summed E-state index contributed by atoms with van der Waals surface area (Å²) >= 11 is 0. The summed E-state index contributed by atoms with van der Waals surface area (Å²) in [5.41, 5.74) is 0.314. The van der Waals surface area contributed by atoms with Crippen molar-refractivity contribution in [1.29, 1.82) is 0 Å². The summed E-state index contributed by atoms with van der Waals surface area (Å²) < 4.78 is 26.9. The van der Waals surface area contributed by atoms with Gasteiger partial charge in [-0.1, -0.05) is 17.9 Å². The molecule has 0 bridgehead atoms. The molecule has 0 spiro atoms. The van der Waals surface area contributed by atoms with Crippen molar-refractivity contribution in [2.45, 2.75) is 30.6 Å². The number of anilines is 1. The number of H-pyrrole nitrogens is 1. The second-order valence-electron chi connectivity index (χ2n) is 5.53. The van der Waals surface area contributed by atoms with E-state index in [0.29, 0.717) is 18.7 Å². The predicted octanol–water partition coefficient (Wildman–Crippen LogP) is 1.02. The van der Waals surface area contributed by atoms with Crippen LogP contribution in [0, 0.1) is 0 Å². The molecule has 0 aliphatic carbocycles. The van der Waals surface area contributed by atoms with Crippen LogP contribution in [0.2, 0.25) is 0 Å². The van der Waals surface area contributed by atoms with Crippen LogP contribution in [0.3, 0.4) is 0 Å². The SMILES string of the molecule is O=C(Nc1nn[nH]n1)c1ccc(S(=O)(=O)N2CCCCCC2)cc1. The van der Waals surface area contributed by atoms with E-state index in [1.165, 1.54) is 28.6 Å². The Labute approximate surface area is 139 Å². The fraction of sp³-hybridized carbons (Fsp3) is 0.429. The Bertz CT molecular complexity index is 780. The maximum absolute atomic E-state index is 12.7. The van der Waals surface area contributed by atoms with Gasteiger partial charge in [-0.2, -0.15) is 9.52 Å². The predicted molar refractivity (Wildman–Crippen MR) is 85.8 cm³/mol. The highest BCUT2D eigenvalue weighted by Gasteiger charge is 2.25. The molecule has 1 aliphatic rings. The van der Waals surface area contributed by atoms with Crippen LogP contribution >= 0.6 is 0 Å². The van der Waals surface area contributed by atoms with E-state index in [4.69, 9.17) is 0 Å². The number of nitrogens with zero attached hydrogens (tertiary/aromatic N) is 4. The summed E-state index contributed by atoms with van der Waals surface area (Å²) in [6.45, 7) is 1.09. The van der Waals surface area contributed by atoms with Crippen LogP contribution in [-0.2, 0) is 10.0 Å². The van der Waals surface area contributed by atoms with Gasteiger partial charge in [-0.05, 0) is 42.3 Å². The molecule has 0 unspecified atom stereocenters. The number of sulfonamides is 1. The first-order chi connectivity index (χ1) is 11.6. The zero-order valence-corrected chi connectivity index (χ0v) is 13.8. The molecule has 9 nitrogen and oxygen atoms in total. The topological polar surface area (TPSA) is 121 Å². The molecule has 1 aliphatic heterocycles. The maximum Gasteiger partial charge on any atom is 0.270 e. The van der Waals surface area contributed by atoms with Gasteiger partial charge in [0.1, 0.15) is 0 Å². The Morgan fingerprint density at radius 1 is 1.08 bits per heavy atom. The van der Waals surface area contributed by atoms with E-state index in [9.17, 15) is 13.2 Å². The molecule has 1 fully saturated rings. The number of benzene rings is 1. The third-order valence-corrected chi connectivity index (χ3v) is 5.80. The van der Waals surface area contributed by atoms with Crippen LogP contribution in [0.15, 0.2) is 29.2 Å². The third kappa shape index (κ3) is 3.60. The van der Waals surface area contributed by atoms with E-state index in [0.717, 1.165) is 25.7 Å². The molecular weight excluding hydrogens is 332 g/mol. The number of rotatable bonds is 4.